The minimum absolute atomic E-state index is 0.310. The molecular formula is C19H21N5S. The number of rotatable bonds is 5. The monoisotopic (exact) mass is 351 g/mol. The quantitative estimate of drug-likeness (QED) is 0.738. The van der Waals surface area contributed by atoms with E-state index in [0.717, 1.165) is 48.8 Å². The molecule has 0 bridgehead atoms. The maximum atomic E-state index is 4.84. The van der Waals surface area contributed by atoms with Crippen LogP contribution in [0.5, 0.6) is 0 Å². The Kier molecular flexibility index (Phi) is 4.72. The van der Waals surface area contributed by atoms with Crippen LogP contribution in [0.25, 0.3) is 11.4 Å². The molecule has 0 aromatic carbocycles. The first-order valence-electron chi connectivity index (χ1n) is 8.58. The standard InChI is InChI=1S/C19H21N5S/c1-13(9-14-5-8-25-12-14)22-19-16-4-7-21-11-17(16)23-18(24-19)15-3-2-6-20-10-15/h2-3,5-6,8,10,12-13,21H,4,7,9,11H2,1H3,(H,22,23,24)/t13-/m1/s1. The number of anilines is 1. The van der Waals surface area contributed by atoms with Crippen LogP contribution < -0.4 is 10.6 Å². The molecule has 4 rings (SSSR count). The summed E-state index contributed by atoms with van der Waals surface area (Å²) in [6, 6.07) is 6.42. The Hall–Kier alpha value is -2.31. The molecule has 0 saturated carbocycles. The summed E-state index contributed by atoms with van der Waals surface area (Å²) < 4.78 is 0. The van der Waals surface area contributed by atoms with Crippen molar-refractivity contribution < 1.29 is 0 Å². The summed E-state index contributed by atoms with van der Waals surface area (Å²) in [6.45, 7) is 3.96. The third-order valence-electron chi connectivity index (χ3n) is 4.36. The van der Waals surface area contributed by atoms with Gasteiger partial charge in [0.25, 0.3) is 0 Å². The molecule has 0 spiro atoms. The fourth-order valence-corrected chi connectivity index (χ4v) is 3.83. The lowest BCUT2D eigenvalue weighted by molar-refractivity contribution is 0.623. The zero-order chi connectivity index (χ0) is 17.1. The Balaban J connectivity index is 1.65. The van der Waals surface area contributed by atoms with Gasteiger partial charge in [0, 0.05) is 36.1 Å². The van der Waals surface area contributed by atoms with Crippen molar-refractivity contribution in [1.29, 1.82) is 0 Å². The summed E-state index contributed by atoms with van der Waals surface area (Å²) in [5.41, 5.74) is 4.64. The van der Waals surface area contributed by atoms with Crippen molar-refractivity contribution in [2.45, 2.75) is 32.4 Å². The second kappa shape index (κ2) is 7.29. The highest BCUT2D eigenvalue weighted by Crippen LogP contribution is 2.25. The van der Waals surface area contributed by atoms with Gasteiger partial charge in [-0.2, -0.15) is 11.3 Å². The molecule has 0 aliphatic carbocycles. The average Bonchev–Trinajstić information content (AvgIpc) is 3.15. The van der Waals surface area contributed by atoms with Gasteiger partial charge in [0.1, 0.15) is 5.82 Å². The van der Waals surface area contributed by atoms with Gasteiger partial charge in [-0.25, -0.2) is 9.97 Å². The van der Waals surface area contributed by atoms with E-state index in [1.807, 2.05) is 18.3 Å². The summed E-state index contributed by atoms with van der Waals surface area (Å²) in [6.07, 6.45) is 5.53. The number of fused-ring (bicyclic) bond motifs is 1. The molecule has 5 nitrogen and oxygen atoms in total. The molecule has 0 unspecified atom stereocenters. The van der Waals surface area contributed by atoms with Gasteiger partial charge < -0.3 is 10.6 Å². The van der Waals surface area contributed by atoms with Crippen molar-refractivity contribution in [2.75, 3.05) is 11.9 Å². The van der Waals surface area contributed by atoms with Crippen molar-refractivity contribution in [2.24, 2.45) is 0 Å². The van der Waals surface area contributed by atoms with Crippen LogP contribution in [0.1, 0.15) is 23.7 Å². The zero-order valence-electron chi connectivity index (χ0n) is 14.2. The number of hydrogen-bond acceptors (Lipinski definition) is 6. The van der Waals surface area contributed by atoms with Crippen molar-refractivity contribution >= 4 is 17.2 Å². The van der Waals surface area contributed by atoms with E-state index in [0.29, 0.717) is 6.04 Å². The lowest BCUT2D eigenvalue weighted by Gasteiger charge is -2.23. The highest BCUT2D eigenvalue weighted by atomic mass is 32.1. The number of nitrogens with one attached hydrogen (secondary N) is 2. The summed E-state index contributed by atoms with van der Waals surface area (Å²) in [4.78, 5) is 13.8. The van der Waals surface area contributed by atoms with E-state index >= 15 is 0 Å². The lowest BCUT2D eigenvalue weighted by atomic mass is 10.1. The fraction of sp³-hybridized carbons (Fsp3) is 0.316. The van der Waals surface area contributed by atoms with Crippen LogP contribution in [-0.2, 0) is 19.4 Å². The normalized spacial score (nSPS) is 14.8. The molecule has 3 aromatic heterocycles. The Bertz CT molecular complexity index is 833. The SMILES string of the molecule is C[C@H](Cc1ccsc1)Nc1nc(-c2cccnc2)nc2c1CCNC2. The van der Waals surface area contributed by atoms with E-state index in [9.17, 15) is 0 Å². The summed E-state index contributed by atoms with van der Waals surface area (Å²) in [7, 11) is 0. The molecular weight excluding hydrogens is 330 g/mol. The predicted octanol–water partition coefficient (Wildman–Crippen LogP) is 3.29. The van der Waals surface area contributed by atoms with Crippen LogP contribution in [0.2, 0.25) is 0 Å². The topological polar surface area (TPSA) is 62.7 Å². The number of pyridine rings is 1. The highest BCUT2D eigenvalue weighted by molar-refractivity contribution is 7.07. The van der Waals surface area contributed by atoms with Crippen molar-refractivity contribution in [3.05, 3.63) is 58.2 Å². The van der Waals surface area contributed by atoms with Crippen LogP contribution in [0.15, 0.2) is 41.4 Å². The van der Waals surface area contributed by atoms with Gasteiger partial charge in [-0.1, -0.05) is 0 Å². The molecule has 3 aromatic rings. The van der Waals surface area contributed by atoms with E-state index in [4.69, 9.17) is 9.97 Å². The van der Waals surface area contributed by atoms with Gasteiger partial charge in [0.2, 0.25) is 0 Å². The molecule has 2 N–H and O–H groups in total. The van der Waals surface area contributed by atoms with Gasteiger partial charge in [-0.3, -0.25) is 4.98 Å². The molecule has 128 valence electrons. The Morgan fingerprint density at radius 1 is 1.32 bits per heavy atom. The van der Waals surface area contributed by atoms with Gasteiger partial charge >= 0.3 is 0 Å². The van der Waals surface area contributed by atoms with Gasteiger partial charge in [-0.05, 0) is 60.8 Å². The van der Waals surface area contributed by atoms with E-state index < -0.39 is 0 Å². The van der Waals surface area contributed by atoms with Gasteiger partial charge in [-0.15, -0.1) is 0 Å². The van der Waals surface area contributed by atoms with Crippen LogP contribution in [0.4, 0.5) is 5.82 Å². The molecule has 1 aliphatic rings. The first-order valence-corrected chi connectivity index (χ1v) is 9.52. The van der Waals surface area contributed by atoms with Crippen LogP contribution in [0, 0.1) is 0 Å². The van der Waals surface area contributed by atoms with Crippen molar-refractivity contribution in [3.63, 3.8) is 0 Å². The van der Waals surface area contributed by atoms with E-state index in [1.165, 1.54) is 11.1 Å². The van der Waals surface area contributed by atoms with E-state index in [2.05, 4.69) is 39.4 Å². The summed E-state index contributed by atoms with van der Waals surface area (Å²) in [5.74, 6) is 1.70. The zero-order valence-corrected chi connectivity index (χ0v) is 15.0. The van der Waals surface area contributed by atoms with Crippen LogP contribution in [0.3, 0.4) is 0 Å². The highest BCUT2D eigenvalue weighted by Gasteiger charge is 2.19. The van der Waals surface area contributed by atoms with E-state index in [1.54, 1.807) is 17.5 Å². The molecule has 0 amide bonds. The van der Waals surface area contributed by atoms with Gasteiger partial charge in [0.15, 0.2) is 5.82 Å². The number of aromatic nitrogens is 3. The smallest absolute Gasteiger partial charge is 0.163 e. The summed E-state index contributed by atoms with van der Waals surface area (Å²) in [5, 5.41) is 11.4. The number of thiophene rings is 1. The molecule has 0 fully saturated rings. The van der Waals surface area contributed by atoms with Crippen molar-refractivity contribution in [1.82, 2.24) is 20.3 Å². The maximum absolute atomic E-state index is 4.84. The largest absolute Gasteiger partial charge is 0.367 e. The van der Waals surface area contributed by atoms with Crippen LogP contribution >= 0.6 is 11.3 Å². The third kappa shape index (κ3) is 3.70. The molecule has 0 saturated heterocycles. The first-order chi connectivity index (χ1) is 12.3. The molecule has 6 heteroatoms. The average molecular weight is 351 g/mol. The molecule has 0 radical (unpaired) electrons. The fourth-order valence-electron chi connectivity index (χ4n) is 3.15. The second-order valence-corrected chi connectivity index (χ2v) is 7.15. The Morgan fingerprint density at radius 3 is 3.08 bits per heavy atom. The minimum atomic E-state index is 0.310. The number of hydrogen-bond donors (Lipinski definition) is 2. The Labute approximate surface area is 151 Å². The minimum Gasteiger partial charge on any atom is -0.367 e. The molecule has 1 aliphatic heterocycles. The second-order valence-electron chi connectivity index (χ2n) is 6.37. The lowest BCUT2D eigenvalue weighted by Crippen LogP contribution is -2.28. The maximum Gasteiger partial charge on any atom is 0.163 e. The van der Waals surface area contributed by atoms with Crippen LogP contribution in [-0.4, -0.2) is 27.5 Å². The predicted molar refractivity (Wildman–Crippen MR) is 102 cm³/mol. The third-order valence-corrected chi connectivity index (χ3v) is 5.09. The number of nitrogens with zero attached hydrogens (tertiary/aromatic N) is 3. The van der Waals surface area contributed by atoms with E-state index in [-0.39, 0.29) is 0 Å². The van der Waals surface area contributed by atoms with Gasteiger partial charge in [0.05, 0.1) is 5.69 Å². The molecule has 1 atom stereocenters. The molecule has 4 heterocycles. The molecule has 25 heavy (non-hydrogen) atoms. The first kappa shape index (κ1) is 16.2. The summed E-state index contributed by atoms with van der Waals surface area (Å²) >= 11 is 1.74. The van der Waals surface area contributed by atoms with Crippen molar-refractivity contribution in [3.8, 4) is 11.4 Å². The Morgan fingerprint density at radius 2 is 2.28 bits per heavy atom.